The van der Waals surface area contributed by atoms with Gasteiger partial charge in [0.05, 0.1) is 9.92 Å². The van der Waals surface area contributed by atoms with Crippen molar-refractivity contribution in [2.24, 2.45) is 0 Å². The number of fused-ring (bicyclic) bond motifs is 2. The third-order valence-corrected chi connectivity index (χ3v) is 5.79. The quantitative estimate of drug-likeness (QED) is 0.615. The van der Waals surface area contributed by atoms with Crippen molar-refractivity contribution in [2.45, 2.75) is 9.79 Å². The largest absolute Gasteiger partial charge is 0.296 e. The highest BCUT2D eigenvalue weighted by Crippen LogP contribution is 2.33. The molecular weight excluding hydrogens is 396 g/mol. The number of ketones is 2. The fourth-order valence-corrected chi connectivity index (χ4v) is 4.02. The van der Waals surface area contributed by atoms with Gasteiger partial charge < -0.3 is 0 Å². The molecule has 2 aromatic rings. The van der Waals surface area contributed by atoms with E-state index in [1.165, 1.54) is 0 Å². The van der Waals surface area contributed by atoms with Crippen LogP contribution >= 0.6 is 11.6 Å². The van der Waals surface area contributed by atoms with Gasteiger partial charge in [-0.2, -0.15) is 16.8 Å². The second kappa shape index (κ2) is 5.44. The van der Waals surface area contributed by atoms with Crippen LogP contribution in [0.25, 0.3) is 0 Å². The Labute approximate surface area is 146 Å². The van der Waals surface area contributed by atoms with Crippen LogP contribution in [0.1, 0.15) is 31.8 Å². The Bertz CT molecular complexity index is 1180. The molecule has 0 amide bonds. The summed E-state index contributed by atoms with van der Waals surface area (Å²) in [6, 6.07) is 4.52. The summed E-state index contributed by atoms with van der Waals surface area (Å²) >= 11 is 5.76. The Morgan fingerprint density at radius 3 is 1.80 bits per heavy atom. The van der Waals surface area contributed by atoms with Crippen LogP contribution in [0, 0.1) is 0 Å². The Balaban J connectivity index is 2.31. The van der Waals surface area contributed by atoms with Crippen LogP contribution < -0.4 is 0 Å². The van der Waals surface area contributed by atoms with Crippen molar-refractivity contribution >= 4 is 43.4 Å². The Morgan fingerprint density at radius 2 is 1.24 bits per heavy atom. The van der Waals surface area contributed by atoms with Crippen LogP contribution in [0.2, 0.25) is 5.02 Å². The minimum absolute atomic E-state index is 0.124. The predicted molar refractivity (Wildman–Crippen MR) is 84.4 cm³/mol. The van der Waals surface area contributed by atoms with Gasteiger partial charge >= 0.3 is 0 Å². The van der Waals surface area contributed by atoms with Gasteiger partial charge in [-0.15, -0.1) is 0 Å². The molecule has 0 bridgehead atoms. The highest BCUT2D eigenvalue weighted by atomic mass is 35.5. The van der Waals surface area contributed by atoms with Crippen molar-refractivity contribution in [2.75, 3.05) is 0 Å². The first-order chi connectivity index (χ1) is 11.4. The SMILES string of the molecule is O=C1c2ccc(S(=O)(=O)O)cc2C(=O)c2cc(S(=O)(=O)O)c(Cl)cc21. The third-order valence-electron chi connectivity index (χ3n) is 3.62. The number of carbonyl (C=O) groups excluding carboxylic acids is 2. The molecule has 3 rings (SSSR count). The van der Waals surface area contributed by atoms with Crippen LogP contribution in [0.15, 0.2) is 40.1 Å². The van der Waals surface area contributed by atoms with E-state index in [1.54, 1.807) is 0 Å². The average Bonchev–Trinajstić information content (AvgIpc) is 2.49. The van der Waals surface area contributed by atoms with E-state index < -0.39 is 46.6 Å². The van der Waals surface area contributed by atoms with Crippen LogP contribution in [-0.4, -0.2) is 37.5 Å². The summed E-state index contributed by atoms with van der Waals surface area (Å²) in [5.41, 5.74) is -0.992. The van der Waals surface area contributed by atoms with Crippen LogP contribution in [0.3, 0.4) is 0 Å². The van der Waals surface area contributed by atoms with E-state index in [4.69, 9.17) is 20.7 Å². The molecule has 0 heterocycles. The summed E-state index contributed by atoms with van der Waals surface area (Å²) in [5, 5.41) is -0.444. The summed E-state index contributed by atoms with van der Waals surface area (Å²) in [6.07, 6.45) is 0. The summed E-state index contributed by atoms with van der Waals surface area (Å²) < 4.78 is 63.3. The third kappa shape index (κ3) is 2.87. The molecule has 0 spiro atoms. The highest BCUT2D eigenvalue weighted by Gasteiger charge is 2.33. The average molecular weight is 403 g/mol. The summed E-state index contributed by atoms with van der Waals surface area (Å²) in [6.45, 7) is 0. The number of benzene rings is 2. The maximum Gasteiger partial charge on any atom is 0.296 e. The summed E-state index contributed by atoms with van der Waals surface area (Å²) in [7, 11) is -9.36. The van der Waals surface area contributed by atoms with Gasteiger partial charge in [0.15, 0.2) is 11.6 Å². The van der Waals surface area contributed by atoms with E-state index in [0.29, 0.717) is 0 Å². The van der Waals surface area contributed by atoms with Crippen molar-refractivity contribution in [1.82, 2.24) is 0 Å². The maximum atomic E-state index is 12.6. The van der Waals surface area contributed by atoms with Crippen molar-refractivity contribution in [1.29, 1.82) is 0 Å². The van der Waals surface area contributed by atoms with Gasteiger partial charge in [0.1, 0.15) is 4.90 Å². The number of hydrogen-bond acceptors (Lipinski definition) is 6. The van der Waals surface area contributed by atoms with Crippen LogP contribution in [-0.2, 0) is 20.2 Å². The number of carbonyl (C=O) groups is 2. The zero-order valence-corrected chi connectivity index (χ0v) is 14.3. The van der Waals surface area contributed by atoms with E-state index in [1.807, 2.05) is 0 Å². The standard InChI is InChI=1S/C14H7ClO8S2/c15-11-4-9-10(5-12(11)25(21,22)23)14(17)8-3-6(24(18,19)20)1-2-7(8)13(9)16/h1-5H,(H,18,19,20)(H,21,22,23). The first-order valence-corrected chi connectivity index (χ1v) is 9.69. The monoisotopic (exact) mass is 402 g/mol. The molecule has 0 aliphatic heterocycles. The van der Waals surface area contributed by atoms with Gasteiger partial charge in [-0.1, -0.05) is 11.6 Å². The van der Waals surface area contributed by atoms with Crippen molar-refractivity contribution in [3.8, 4) is 0 Å². The molecule has 0 saturated carbocycles. The molecule has 130 valence electrons. The number of rotatable bonds is 2. The normalized spacial score (nSPS) is 14.2. The van der Waals surface area contributed by atoms with Crippen molar-refractivity contribution in [3.05, 3.63) is 57.6 Å². The molecule has 2 aromatic carbocycles. The molecule has 11 heteroatoms. The molecule has 2 N–H and O–H groups in total. The van der Waals surface area contributed by atoms with Gasteiger partial charge in [-0.05, 0) is 30.3 Å². The maximum absolute atomic E-state index is 12.6. The summed E-state index contributed by atoms with van der Waals surface area (Å²) in [4.78, 5) is 23.7. The minimum Gasteiger partial charge on any atom is -0.289 e. The second-order valence-corrected chi connectivity index (χ2v) is 8.36. The van der Waals surface area contributed by atoms with E-state index in [2.05, 4.69) is 0 Å². The topological polar surface area (TPSA) is 143 Å². The fraction of sp³-hybridized carbons (Fsp3) is 0. The first-order valence-electron chi connectivity index (χ1n) is 6.43. The number of halogens is 1. The van der Waals surface area contributed by atoms with Gasteiger partial charge in [0.2, 0.25) is 0 Å². The zero-order valence-electron chi connectivity index (χ0n) is 11.9. The van der Waals surface area contributed by atoms with E-state index in [0.717, 1.165) is 30.3 Å². The Morgan fingerprint density at radius 1 is 0.720 bits per heavy atom. The molecule has 1 aliphatic carbocycles. The van der Waals surface area contributed by atoms with Crippen molar-refractivity contribution in [3.63, 3.8) is 0 Å². The summed E-state index contributed by atoms with van der Waals surface area (Å²) in [5.74, 6) is -1.54. The molecule has 1 aliphatic rings. The van der Waals surface area contributed by atoms with E-state index in [9.17, 15) is 26.4 Å². The lowest BCUT2D eigenvalue weighted by Crippen LogP contribution is -2.22. The smallest absolute Gasteiger partial charge is 0.289 e. The van der Waals surface area contributed by atoms with Gasteiger partial charge in [0.25, 0.3) is 20.2 Å². The fourth-order valence-electron chi connectivity index (χ4n) is 2.49. The van der Waals surface area contributed by atoms with E-state index in [-0.39, 0.29) is 22.3 Å². The van der Waals surface area contributed by atoms with Crippen LogP contribution in [0.5, 0.6) is 0 Å². The van der Waals surface area contributed by atoms with Gasteiger partial charge in [-0.3, -0.25) is 18.7 Å². The lowest BCUT2D eigenvalue weighted by Gasteiger charge is -2.19. The van der Waals surface area contributed by atoms with Crippen LogP contribution in [0.4, 0.5) is 0 Å². The molecule has 0 unspecified atom stereocenters. The molecular formula is C14H7ClO8S2. The molecule has 0 aromatic heterocycles. The molecule has 0 fully saturated rings. The molecule has 0 radical (unpaired) electrons. The first kappa shape index (κ1) is 17.7. The molecule has 0 atom stereocenters. The molecule has 8 nitrogen and oxygen atoms in total. The Hall–Kier alpha value is -2.11. The minimum atomic E-state index is -4.75. The second-order valence-electron chi connectivity index (χ2n) is 5.14. The lowest BCUT2D eigenvalue weighted by molar-refractivity contribution is 0.0978. The van der Waals surface area contributed by atoms with E-state index >= 15 is 0 Å². The lowest BCUT2D eigenvalue weighted by atomic mass is 9.84. The van der Waals surface area contributed by atoms with Crippen molar-refractivity contribution < 1.29 is 35.5 Å². The highest BCUT2D eigenvalue weighted by molar-refractivity contribution is 7.86. The zero-order chi connectivity index (χ0) is 18.7. The van der Waals surface area contributed by atoms with Gasteiger partial charge in [-0.25, -0.2) is 0 Å². The molecule has 25 heavy (non-hydrogen) atoms. The molecule has 0 saturated heterocycles. The number of hydrogen-bond donors (Lipinski definition) is 2. The Kier molecular flexibility index (Phi) is 3.86. The van der Waals surface area contributed by atoms with Gasteiger partial charge in [0, 0.05) is 22.3 Å². The predicted octanol–water partition coefficient (Wildman–Crippen LogP) is 1.61.